The fraction of sp³-hybridized carbons (Fsp3) is 0.484. The Morgan fingerprint density at radius 3 is 2.05 bits per heavy atom. The number of piperazine rings is 1. The Kier molecular flexibility index (Phi) is 9.65. The first kappa shape index (κ1) is 30.0. The number of fused-ring (bicyclic) bond motifs is 1. The second-order valence-electron chi connectivity index (χ2n) is 10.4. The molecule has 0 N–H and O–H groups in total. The molecule has 1 atom stereocenters. The van der Waals surface area contributed by atoms with E-state index < -0.39 is 6.04 Å². The lowest BCUT2D eigenvalue weighted by atomic mass is 10.0. The number of carbonyl (C=O) groups is 2. The predicted molar refractivity (Wildman–Crippen MR) is 156 cm³/mol. The molecule has 1 unspecified atom stereocenters. The molecule has 1 aliphatic heterocycles. The van der Waals surface area contributed by atoms with E-state index in [2.05, 4.69) is 4.90 Å². The molecule has 1 aliphatic carbocycles. The molecule has 1 heterocycles. The molecule has 41 heavy (non-hydrogen) atoms. The van der Waals surface area contributed by atoms with E-state index in [1.807, 2.05) is 35.2 Å². The first-order valence-corrected chi connectivity index (χ1v) is 13.7. The minimum absolute atomic E-state index is 0.0309. The van der Waals surface area contributed by atoms with E-state index in [0.29, 0.717) is 61.3 Å². The van der Waals surface area contributed by atoms with Crippen LogP contribution >= 0.6 is 0 Å². The number of rotatable bonds is 9. The van der Waals surface area contributed by atoms with Crippen LogP contribution in [0.4, 0.5) is 0 Å². The van der Waals surface area contributed by atoms with Gasteiger partial charge in [-0.05, 0) is 66.3 Å². The molecule has 1 saturated heterocycles. The summed E-state index contributed by atoms with van der Waals surface area (Å²) >= 11 is 0. The molecule has 222 valence electrons. The highest BCUT2D eigenvalue weighted by Gasteiger charge is 2.36. The third-order valence-electron chi connectivity index (χ3n) is 7.76. The molecule has 0 bridgehead atoms. The third kappa shape index (κ3) is 6.37. The number of methoxy groups -OCH3 is 5. The lowest BCUT2D eigenvalue weighted by Gasteiger charge is -2.41. The Labute approximate surface area is 242 Å². The van der Waals surface area contributed by atoms with Gasteiger partial charge in [0.15, 0.2) is 23.0 Å². The number of benzene rings is 2. The molecule has 0 spiro atoms. The molecule has 2 aromatic carbocycles. The molecule has 1 fully saturated rings. The van der Waals surface area contributed by atoms with Crippen molar-refractivity contribution in [2.45, 2.75) is 31.8 Å². The maximum atomic E-state index is 13.8. The molecule has 0 saturated carbocycles. The van der Waals surface area contributed by atoms with E-state index in [1.54, 1.807) is 54.5 Å². The molecular weight excluding hydrogens is 526 g/mol. The molecular formula is C31H41N3O7. The zero-order valence-electron chi connectivity index (χ0n) is 25.1. The van der Waals surface area contributed by atoms with Gasteiger partial charge in [0.1, 0.15) is 6.04 Å². The van der Waals surface area contributed by atoms with E-state index in [4.69, 9.17) is 23.7 Å². The predicted octanol–water partition coefficient (Wildman–Crippen LogP) is 3.25. The van der Waals surface area contributed by atoms with Gasteiger partial charge in [0, 0.05) is 45.8 Å². The van der Waals surface area contributed by atoms with Crippen LogP contribution in [0.15, 0.2) is 29.8 Å². The summed E-state index contributed by atoms with van der Waals surface area (Å²) in [5, 5.41) is 0. The Hall–Kier alpha value is -3.92. The van der Waals surface area contributed by atoms with Crippen molar-refractivity contribution >= 4 is 17.9 Å². The van der Waals surface area contributed by atoms with Gasteiger partial charge in [-0.3, -0.25) is 14.5 Å². The number of aryl methyl sites for hydroxylation is 1. The van der Waals surface area contributed by atoms with Crippen molar-refractivity contribution in [3.63, 3.8) is 0 Å². The van der Waals surface area contributed by atoms with Gasteiger partial charge in [0.25, 0.3) is 0 Å². The number of hydrogen-bond donors (Lipinski definition) is 0. The Bertz CT molecular complexity index is 1280. The second-order valence-corrected chi connectivity index (χ2v) is 10.4. The average molecular weight is 568 g/mol. The van der Waals surface area contributed by atoms with E-state index in [0.717, 1.165) is 35.1 Å². The van der Waals surface area contributed by atoms with Crippen LogP contribution in [0.25, 0.3) is 6.08 Å². The highest BCUT2D eigenvalue weighted by molar-refractivity contribution is 5.99. The summed E-state index contributed by atoms with van der Waals surface area (Å²) in [6, 6.07) is 7.22. The van der Waals surface area contributed by atoms with Crippen LogP contribution in [0.2, 0.25) is 0 Å². The van der Waals surface area contributed by atoms with Gasteiger partial charge in [0.05, 0.1) is 35.5 Å². The summed E-state index contributed by atoms with van der Waals surface area (Å²) < 4.78 is 27.5. The van der Waals surface area contributed by atoms with Crippen LogP contribution in [-0.2, 0) is 22.6 Å². The second kappa shape index (κ2) is 13.2. The van der Waals surface area contributed by atoms with Gasteiger partial charge in [0.2, 0.25) is 17.6 Å². The average Bonchev–Trinajstić information content (AvgIpc) is 3.20. The first-order valence-electron chi connectivity index (χ1n) is 13.7. The summed E-state index contributed by atoms with van der Waals surface area (Å²) in [4.78, 5) is 32.7. The maximum Gasteiger partial charge on any atom is 0.249 e. The van der Waals surface area contributed by atoms with Gasteiger partial charge >= 0.3 is 0 Å². The van der Waals surface area contributed by atoms with Gasteiger partial charge in [-0.1, -0.05) is 0 Å². The third-order valence-corrected chi connectivity index (χ3v) is 7.76. The zero-order chi connectivity index (χ0) is 29.7. The smallest absolute Gasteiger partial charge is 0.249 e. The molecule has 2 amide bonds. The van der Waals surface area contributed by atoms with E-state index in [9.17, 15) is 9.59 Å². The largest absolute Gasteiger partial charge is 0.493 e. The van der Waals surface area contributed by atoms with Crippen LogP contribution in [-0.4, -0.2) is 102 Å². The topological polar surface area (TPSA) is 90.0 Å². The monoisotopic (exact) mass is 567 g/mol. The number of likely N-dealkylation sites (N-methyl/N-ethyl adjacent to an activating group) is 1. The van der Waals surface area contributed by atoms with Crippen molar-refractivity contribution in [2.75, 3.05) is 69.3 Å². The van der Waals surface area contributed by atoms with Gasteiger partial charge in [-0.15, -0.1) is 0 Å². The molecule has 2 aliphatic rings. The normalized spacial score (nSPS) is 17.1. The Morgan fingerprint density at radius 2 is 1.46 bits per heavy atom. The van der Waals surface area contributed by atoms with Gasteiger partial charge in [-0.25, -0.2) is 0 Å². The van der Waals surface area contributed by atoms with Gasteiger partial charge in [-0.2, -0.15) is 0 Å². The van der Waals surface area contributed by atoms with Crippen LogP contribution in [0.1, 0.15) is 29.5 Å². The highest BCUT2D eigenvalue weighted by atomic mass is 16.5. The van der Waals surface area contributed by atoms with E-state index >= 15 is 0 Å². The van der Waals surface area contributed by atoms with Crippen LogP contribution in [0, 0.1) is 0 Å². The first-order chi connectivity index (χ1) is 19.7. The summed E-state index contributed by atoms with van der Waals surface area (Å²) in [5.41, 5.74) is 3.75. The minimum atomic E-state index is -0.496. The molecule has 10 nitrogen and oxygen atoms in total. The van der Waals surface area contributed by atoms with E-state index in [-0.39, 0.29) is 11.8 Å². The summed E-state index contributed by atoms with van der Waals surface area (Å²) in [6.07, 6.45) is 4.32. The summed E-state index contributed by atoms with van der Waals surface area (Å²) in [5.74, 6) is 2.87. The molecule has 10 heteroatoms. The molecule has 0 radical (unpaired) electrons. The lowest BCUT2D eigenvalue weighted by molar-refractivity contribution is -0.141. The minimum Gasteiger partial charge on any atom is -0.493 e. The van der Waals surface area contributed by atoms with E-state index in [1.165, 1.54) is 0 Å². The highest BCUT2D eigenvalue weighted by Crippen LogP contribution is 2.39. The van der Waals surface area contributed by atoms with Crippen molar-refractivity contribution in [1.82, 2.24) is 14.7 Å². The van der Waals surface area contributed by atoms with Crippen LogP contribution in [0.5, 0.6) is 28.7 Å². The number of ether oxygens (including phenoxy) is 5. The van der Waals surface area contributed by atoms with Crippen molar-refractivity contribution in [2.24, 2.45) is 0 Å². The number of carbonyl (C=O) groups excluding carboxylic acids is 2. The number of amides is 2. The quantitative estimate of drug-likeness (QED) is 0.456. The fourth-order valence-corrected chi connectivity index (χ4v) is 5.58. The summed E-state index contributed by atoms with van der Waals surface area (Å²) in [6.45, 7) is 1.84. The lowest BCUT2D eigenvalue weighted by Crippen LogP contribution is -2.59. The Morgan fingerprint density at radius 1 is 0.829 bits per heavy atom. The molecule has 2 aromatic rings. The van der Waals surface area contributed by atoms with Crippen molar-refractivity contribution in [1.29, 1.82) is 0 Å². The standard InChI is InChI=1S/C31H41N3O7/c1-32(2)31(36)24-19-34(12-11-33(24)18-20-13-27(39-5)29(41-7)28(14-20)40-6)30(35)22-10-8-9-21-16-25(37-3)26(38-4)17-23(21)15-22/h13-17,24H,8-12,18-19H2,1-7H3. The van der Waals surface area contributed by atoms with Crippen LogP contribution in [0.3, 0.4) is 0 Å². The number of hydrogen-bond acceptors (Lipinski definition) is 8. The zero-order valence-corrected chi connectivity index (χ0v) is 25.1. The summed E-state index contributed by atoms with van der Waals surface area (Å²) in [7, 11) is 11.4. The van der Waals surface area contributed by atoms with Crippen molar-refractivity contribution < 1.29 is 33.3 Å². The fourth-order valence-electron chi connectivity index (χ4n) is 5.58. The van der Waals surface area contributed by atoms with Gasteiger partial charge < -0.3 is 33.5 Å². The van der Waals surface area contributed by atoms with Crippen molar-refractivity contribution in [3.8, 4) is 28.7 Å². The SMILES string of the molecule is COc1cc2c(cc1OC)CCCC(C(=O)N1CCN(Cc3cc(OC)c(OC)c(OC)c3)C(C(=O)N(C)C)C1)=C2. The van der Waals surface area contributed by atoms with Crippen LogP contribution < -0.4 is 23.7 Å². The molecule has 0 aromatic heterocycles. The Balaban J connectivity index is 1.58. The molecule has 4 rings (SSSR count). The van der Waals surface area contributed by atoms with Crippen molar-refractivity contribution in [3.05, 3.63) is 46.5 Å². The maximum absolute atomic E-state index is 13.8. The number of nitrogens with zero attached hydrogens (tertiary/aromatic N) is 3.